The summed E-state index contributed by atoms with van der Waals surface area (Å²) >= 11 is 0. The van der Waals surface area contributed by atoms with Gasteiger partial charge in [-0.3, -0.25) is 10.1 Å². The van der Waals surface area contributed by atoms with Gasteiger partial charge in [-0.15, -0.1) is 0 Å². The number of aryl methyl sites for hydroxylation is 1. The van der Waals surface area contributed by atoms with Crippen LogP contribution in [-0.2, 0) is 10.9 Å². The van der Waals surface area contributed by atoms with Crippen LogP contribution in [0.4, 0.5) is 24.7 Å². The van der Waals surface area contributed by atoms with Gasteiger partial charge in [-0.1, -0.05) is 6.08 Å². The predicted molar refractivity (Wildman–Crippen MR) is 122 cm³/mol. The molecule has 1 aromatic carbocycles. The molecule has 3 aromatic rings. The summed E-state index contributed by atoms with van der Waals surface area (Å²) in [5.41, 5.74) is 0.406. The van der Waals surface area contributed by atoms with E-state index in [0.29, 0.717) is 54.3 Å². The molecular weight excluding hydrogens is 467 g/mol. The lowest BCUT2D eigenvalue weighted by molar-refractivity contribution is -0.385. The van der Waals surface area contributed by atoms with Gasteiger partial charge in [-0.2, -0.15) is 18.2 Å². The fourth-order valence-corrected chi connectivity index (χ4v) is 3.86. The second-order valence-electron chi connectivity index (χ2n) is 8.02. The summed E-state index contributed by atoms with van der Waals surface area (Å²) in [4.78, 5) is 23.7. The molecule has 1 N–H and O–H groups in total. The number of alkyl halides is 3. The maximum absolute atomic E-state index is 13.4. The number of nitro groups is 1. The van der Waals surface area contributed by atoms with E-state index in [0.717, 1.165) is 23.3 Å². The van der Waals surface area contributed by atoms with E-state index in [1.165, 1.54) is 7.11 Å². The molecule has 0 aliphatic carbocycles. The first-order valence-corrected chi connectivity index (χ1v) is 10.7. The molecule has 0 spiro atoms. The highest BCUT2D eigenvalue weighted by Gasteiger charge is 2.33. The number of ether oxygens (including phenoxy) is 2. The van der Waals surface area contributed by atoms with E-state index in [9.17, 15) is 23.3 Å². The quantitative estimate of drug-likeness (QED) is 0.369. The Morgan fingerprint density at radius 3 is 2.60 bits per heavy atom. The number of fused-ring (bicyclic) bond motifs is 1. The Kier molecular flexibility index (Phi) is 6.57. The molecule has 9 nitrogen and oxygen atoms in total. The van der Waals surface area contributed by atoms with Gasteiger partial charge in [0.15, 0.2) is 5.65 Å². The minimum absolute atomic E-state index is 0.0878. The van der Waals surface area contributed by atoms with Crippen molar-refractivity contribution in [3.05, 3.63) is 63.0 Å². The van der Waals surface area contributed by atoms with Crippen molar-refractivity contribution in [3.63, 3.8) is 0 Å². The van der Waals surface area contributed by atoms with Crippen LogP contribution in [0.15, 0.2) is 30.3 Å². The highest BCUT2D eigenvalue weighted by Crippen LogP contribution is 2.36. The second-order valence-corrected chi connectivity index (χ2v) is 8.02. The van der Waals surface area contributed by atoms with Crippen LogP contribution in [0.2, 0.25) is 0 Å². The number of nitrogens with one attached hydrogen (secondary N) is 1. The number of nitro benzene ring substituents is 1. The zero-order valence-electron chi connectivity index (χ0n) is 19.1. The van der Waals surface area contributed by atoms with Crippen molar-refractivity contribution in [1.82, 2.24) is 15.0 Å². The Bertz CT molecular complexity index is 1330. The summed E-state index contributed by atoms with van der Waals surface area (Å²) in [5.74, 6) is 1.11. The summed E-state index contributed by atoms with van der Waals surface area (Å²) in [6.45, 7) is 4.26. The number of benzene rings is 1. The van der Waals surface area contributed by atoms with Gasteiger partial charge in [0.05, 0.1) is 42.2 Å². The highest BCUT2D eigenvalue weighted by atomic mass is 19.4. The van der Waals surface area contributed by atoms with E-state index in [4.69, 9.17) is 9.47 Å². The van der Waals surface area contributed by atoms with Gasteiger partial charge in [-0.05, 0) is 43.5 Å². The predicted octanol–water partition coefficient (Wildman–Crippen LogP) is 5.25. The number of non-ortho nitro benzene ring substituents is 1. The number of halogens is 3. The molecule has 1 aliphatic heterocycles. The largest absolute Gasteiger partial charge is 0.481 e. The van der Waals surface area contributed by atoms with Gasteiger partial charge in [0.25, 0.3) is 5.69 Å². The topological polar surface area (TPSA) is 112 Å². The minimum atomic E-state index is -4.73. The van der Waals surface area contributed by atoms with Crippen molar-refractivity contribution in [1.29, 1.82) is 0 Å². The molecule has 35 heavy (non-hydrogen) atoms. The van der Waals surface area contributed by atoms with E-state index >= 15 is 0 Å². The molecule has 0 fully saturated rings. The van der Waals surface area contributed by atoms with Crippen LogP contribution >= 0.6 is 0 Å². The lowest BCUT2D eigenvalue weighted by Crippen LogP contribution is -2.13. The average molecular weight is 489 g/mol. The Balaban J connectivity index is 1.79. The van der Waals surface area contributed by atoms with E-state index in [1.807, 2.05) is 12.1 Å². The van der Waals surface area contributed by atoms with Gasteiger partial charge in [0.1, 0.15) is 11.6 Å². The zero-order chi connectivity index (χ0) is 25.3. The van der Waals surface area contributed by atoms with Crippen molar-refractivity contribution in [2.45, 2.75) is 32.5 Å². The maximum Gasteiger partial charge on any atom is 0.416 e. The molecule has 2 aromatic heterocycles. The van der Waals surface area contributed by atoms with Gasteiger partial charge in [-0.25, -0.2) is 9.97 Å². The molecule has 0 bridgehead atoms. The molecule has 3 heterocycles. The van der Waals surface area contributed by atoms with Crippen molar-refractivity contribution in [3.8, 4) is 5.88 Å². The monoisotopic (exact) mass is 489 g/mol. The Morgan fingerprint density at radius 1 is 1.20 bits per heavy atom. The molecule has 4 rings (SSSR count). The number of rotatable bonds is 6. The summed E-state index contributed by atoms with van der Waals surface area (Å²) in [5, 5.41) is 14.9. The van der Waals surface area contributed by atoms with Crippen LogP contribution in [0.3, 0.4) is 0 Å². The number of hydrogen-bond donors (Lipinski definition) is 1. The highest BCUT2D eigenvalue weighted by molar-refractivity contribution is 5.91. The van der Waals surface area contributed by atoms with E-state index < -0.39 is 28.4 Å². The van der Waals surface area contributed by atoms with Crippen LogP contribution < -0.4 is 10.1 Å². The van der Waals surface area contributed by atoms with Crippen LogP contribution in [-0.4, -0.2) is 40.2 Å². The van der Waals surface area contributed by atoms with Crippen LogP contribution in [0, 0.1) is 17.0 Å². The number of anilines is 1. The average Bonchev–Trinajstić information content (AvgIpc) is 2.82. The first-order chi connectivity index (χ1) is 16.6. The Morgan fingerprint density at radius 2 is 1.97 bits per heavy atom. The molecule has 184 valence electrons. The third kappa shape index (κ3) is 5.16. The molecule has 0 saturated carbocycles. The van der Waals surface area contributed by atoms with Crippen molar-refractivity contribution >= 4 is 28.1 Å². The molecular formula is C23H22F3N5O4. The van der Waals surface area contributed by atoms with Gasteiger partial charge in [0, 0.05) is 17.7 Å². The summed E-state index contributed by atoms with van der Waals surface area (Å²) in [6.07, 6.45) is -2.14. The lowest BCUT2D eigenvalue weighted by Gasteiger charge is -2.20. The van der Waals surface area contributed by atoms with E-state index in [2.05, 4.69) is 20.3 Å². The normalized spacial score (nSPS) is 15.0. The first kappa shape index (κ1) is 24.3. The maximum atomic E-state index is 13.4. The fourth-order valence-electron chi connectivity index (χ4n) is 3.86. The minimum Gasteiger partial charge on any atom is -0.481 e. The number of hydrogen-bond acceptors (Lipinski definition) is 8. The SMILES string of the molecule is COc1nc2nc(C)nc(N[C@H](C)c3cc([N+](=O)[O-])cc(C(F)(F)F)c3)c2cc1C1=CCOCC1. The standard InChI is InChI=1S/C23H22F3N5O4/c1-12(15-8-16(23(24,25)26)10-17(9-15)31(32)33)27-20-19-11-18(14-4-6-35-7-5-14)22(34-3)30-21(19)29-13(2)28-20/h4,8-12H,5-7H2,1-3H3,(H,27,28,29,30)/t12-/m1/s1. The zero-order valence-corrected chi connectivity index (χ0v) is 19.1. The van der Waals surface area contributed by atoms with Crippen molar-refractivity contribution in [2.24, 2.45) is 0 Å². The van der Waals surface area contributed by atoms with Gasteiger partial charge < -0.3 is 14.8 Å². The number of aromatic nitrogens is 3. The Labute approximate surface area is 198 Å². The second kappa shape index (κ2) is 9.45. The Hall–Kier alpha value is -3.80. The summed E-state index contributed by atoms with van der Waals surface area (Å²) in [6, 6.07) is 3.59. The summed E-state index contributed by atoms with van der Waals surface area (Å²) in [7, 11) is 1.51. The van der Waals surface area contributed by atoms with Crippen LogP contribution in [0.1, 0.15) is 41.9 Å². The van der Waals surface area contributed by atoms with E-state index in [-0.39, 0.29) is 5.56 Å². The third-order valence-corrected chi connectivity index (χ3v) is 5.60. The first-order valence-electron chi connectivity index (χ1n) is 10.7. The van der Waals surface area contributed by atoms with Gasteiger partial charge >= 0.3 is 6.18 Å². The fraction of sp³-hybridized carbons (Fsp3) is 0.348. The number of nitrogens with zero attached hydrogens (tertiary/aromatic N) is 4. The smallest absolute Gasteiger partial charge is 0.416 e. The lowest BCUT2D eigenvalue weighted by atomic mass is 10.0. The molecule has 1 aliphatic rings. The third-order valence-electron chi connectivity index (χ3n) is 5.60. The molecule has 0 saturated heterocycles. The van der Waals surface area contributed by atoms with Gasteiger partial charge in [0.2, 0.25) is 5.88 Å². The van der Waals surface area contributed by atoms with E-state index in [1.54, 1.807) is 13.8 Å². The molecule has 0 radical (unpaired) electrons. The number of methoxy groups -OCH3 is 1. The molecule has 0 amide bonds. The molecule has 1 atom stereocenters. The van der Waals surface area contributed by atoms with Crippen molar-refractivity contribution in [2.75, 3.05) is 25.6 Å². The summed E-state index contributed by atoms with van der Waals surface area (Å²) < 4.78 is 50.9. The van der Waals surface area contributed by atoms with Crippen molar-refractivity contribution < 1.29 is 27.6 Å². The van der Waals surface area contributed by atoms with Crippen LogP contribution in [0.25, 0.3) is 16.6 Å². The molecule has 12 heteroatoms. The number of pyridine rings is 1. The molecule has 0 unspecified atom stereocenters. The van der Waals surface area contributed by atoms with Crippen LogP contribution in [0.5, 0.6) is 5.88 Å².